The topological polar surface area (TPSA) is 71.0 Å². The van der Waals surface area contributed by atoms with Crippen molar-refractivity contribution in [3.63, 3.8) is 0 Å². The number of nitrogens with zero attached hydrogens (tertiary/aromatic N) is 1. The quantitative estimate of drug-likeness (QED) is 0.625. The van der Waals surface area contributed by atoms with Crippen molar-refractivity contribution in [2.75, 3.05) is 13.7 Å². The number of rotatable bonds is 5. The Kier molecular flexibility index (Phi) is 4.60. The van der Waals surface area contributed by atoms with Crippen LogP contribution in [0, 0.1) is 0 Å². The third-order valence-corrected chi connectivity index (χ3v) is 2.94. The van der Waals surface area contributed by atoms with Crippen molar-refractivity contribution in [3.05, 3.63) is 47.4 Å². The highest BCUT2D eigenvalue weighted by Gasteiger charge is 2.39. The molecule has 1 aliphatic heterocycles. The van der Waals surface area contributed by atoms with Crippen LogP contribution in [0.5, 0.6) is 0 Å². The van der Waals surface area contributed by atoms with E-state index in [1.54, 1.807) is 14.0 Å². The van der Waals surface area contributed by atoms with Crippen molar-refractivity contribution < 1.29 is 19.5 Å². The van der Waals surface area contributed by atoms with E-state index in [1.165, 1.54) is 5.06 Å². The van der Waals surface area contributed by atoms with Crippen molar-refractivity contribution in [3.8, 4) is 0 Å². The molecule has 1 atom stereocenters. The molecule has 0 aromatic heterocycles. The van der Waals surface area contributed by atoms with Crippen LogP contribution in [-0.4, -0.2) is 36.0 Å². The number of aliphatic hydroxyl groups excluding tert-OH is 1. The summed E-state index contributed by atoms with van der Waals surface area (Å²) in [6.07, 6.45) is -0.547. The molecule has 1 fully saturated rings. The standard InChI is InChI=1S/C14H18N2O4/c1-3-19-13(17)11-12(16(2)20-14(11)18)15-9-10-7-5-4-6-8-10/h4-8,12,15,17H,3,9H2,1-2H3/b13-11-. The molecule has 1 aromatic carbocycles. The van der Waals surface area contributed by atoms with E-state index in [1.807, 2.05) is 30.3 Å². The Morgan fingerprint density at radius 2 is 2.15 bits per heavy atom. The first kappa shape index (κ1) is 14.4. The van der Waals surface area contributed by atoms with E-state index in [-0.39, 0.29) is 12.2 Å². The van der Waals surface area contributed by atoms with Gasteiger partial charge in [-0.15, -0.1) is 5.06 Å². The number of carbonyl (C=O) groups is 1. The molecule has 1 heterocycles. The third kappa shape index (κ3) is 3.09. The van der Waals surface area contributed by atoms with Crippen LogP contribution in [0.25, 0.3) is 0 Å². The van der Waals surface area contributed by atoms with Gasteiger partial charge in [-0.3, -0.25) is 5.32 Å². The van der Waals surface area contributed by atoms with Crippen LogP contribution in [0.3, 0.4) is 0 Å². The van der Waals surface area contributed by atoms with Crippen LogP contribution < -0.4 is 5.32 Å². The molecule has 6 nitrogen and oxygen atoms in total. The summed E-state index contributed by atoms with van der Waals surface area (Å²) in [5, 5.41) is 14.3. The third-order valence-electron chi connectivity index (χ3n) is 2.94. The fraction of sp³-hybridized carbons (Fsp3) is 0.357. The molecule has 0 amide bonds. The van der Waals surface area contributed by atoms with Gasteiger partial charge in [-0.25, -0.2) is 4.79 Å². The molecule has 0 radical (unpaired) electrons. The molecule has 108 valence electrons. The highest BCUT2D eigenvalue weighted by atomic mass is 16.7. The zero-order valence-corrected chi connectivity index (χ0v) is 11.5. The van der Waals surface area contributed by atoms with Gasteiger partial charge < -0.3 is 14.7 Å². The Balaban J connectivity index is 2.11. The van der Waals surface area contributed by atoms with Gasteiger partial charge in [0.2, 0.25) is 0 Å². The highest BCUT2D eigenvalue weighted by molar-refractivity contribution is 5.91. The minimum absolute atomic E-state index is 0.0882. The molecule has 1 aliphatic rings. The van der Waals surface area contributed by atoms with Gasteiger partial charge in [0.25, 0.3) is 5.95 Å². The predicted octanol–water partition coefficient (Wildman–Crippen LogP) is 1.31. The fourth-order valence-corrected chi connectivity index (χ4v) is 1.99. The van der Waals surface area contributed by atoms with Gasteiger partial charge in [0.05, 0.1) is 6.61 Å². The van der Waals surface area contributed by atoms with Crippen LogP contribution in [0.4, 0.5) is 0 Å². The summed E-state index contributed by atoms with van der Waals surface area (Å²) in [5.41, 5.74) is 1.15. The van der Waals surface area contributed by atoms with Crippen molar-refractivity contribution in [1.29, 1.82) is 0 Å². The molecule has 2 N–H and O–H groups in total. The largest absolute Gasteiger partial charge is 0.481 e. The lowest BCUT2D eigenvalue weighted by Crippen LogP contribution is -2.39. The molecule has 20 heavy (non-hydrogen) atoms. The van der Waals surface area contributed by atoms with Gasteiger partial charge in [-0.1, -0.05) is 30.3 Å². The zero-order chi connectivity index (χ0) is 14.5. The minimum atomic E-state index is -0.607. The van der Waals surface area contributed by atoms with Crippen LogP contribution in [0.15, 0.2) is 41.9 Å². The second-order valence-corrected chi connectivity index (χ2v) is 4.35. The van der Waals surface area contributed by atoms with Crippen LogP contribution in [-0.2, 0) is 20.9 Å². The first-order valence-corrected chi connectivity index (χ1v) is 6.41. The smallest absolute Gasteiger partial charge is 0.363 e. The predicted molar refractivity (Wildman–Crippen MR) is 72.2 cm³/mol. The summed E-state index contributed by atoms with van der Waals surface area (Å²) in [6.45, 7) is 2.54. The number of carbonyl (C=O) groups excluding carboxylic acids is 1. The summed E-state index contributed by atoms with van der Waals surface area (Å²) in [6, 6.07) is 9.74. The maximum atomic E-state index is 11.7. The minimum Gasteiger partial charge on any atom is -0.481 e. The van der Waals surface area contributed by atoms with Crippen molar-refractivity contribution in [1.82, 2.24) is 10.4 Å². The van der Waals surface area contributed by atoms with Crippen LogP contribution in [0.1, 0.15) is 12.5 Å². The maximum Gasteiger partial charge on any atom is 0.363 e. The van der Waals surface area contributed by atoms with Gasteiger partial charge in [0.15, 0.2) is 5.57 Å². The van der Waals surface area contributed by atoms with Gasteiger partial charge in [0.1, 0.15) is 6.17 Å². The van der Waals surface area contributed by atoms with Gasteiger partial charge in [-0.05, 0) is 12.5 Å². The molecule has 1 saturated heterocycles. The molecule has 0 saturated carbocycles. The number of likely N-dealkylation sites (N-methyl/N-ethyl adjacent to an activating group) is 1. The lowest BCUT2D eigenvalue weighted by molar-refractivity contribution is -0.169. The van der Waals surface area contributed by atoms with Gasteiger partial charge in [-0.2, -0.15) is 0 Å². The van der Waals surface area contributed by atoms with E-state index in [0.29, 0.717) is 6.54 Å². The molecular formula is C14H18N2O4. The van der Waals surface area contributed by atoms with Crippen LogP contribution >= 0.6 is 0 Å². The summed E-state index contributed by atoms with van der Waals surface area (Å²) in [4.78, 5) is 16.7. The van der Waals surface area contributed by atoms with E-state index < -0.39 is 18.1 Å². The Morgan fingerprint density at radius 3 is 2.80 bits per heavy atom. The van der Waals surface area contributed by atoms with E-state index >= 15 is 0 Å². The van der Waals surface area contributed by atoms with Gasteiger partial charge in [0, 0.05) is 13.6 Å². The summed E-state index contributed by atoms with van der Waals surface area (Å²) in [7, 11) is 1.62. The molecule has 1 unspecified atom stereocenters. The molecule has 1 aromatic rings. The average Bonchev–Trinajstić information content (AvgIpc) is 2.72. The summed E-state index contributed by atoms with van der Waals surface area (Å²) in [5.74, 6) is -1.00. The number of aliphatic hydroxyl groups is 1. The first-order chi connectivity index (χ1) is 9.63. The van der Waals surface area contributed by atoms with Gasteiger partial charge >= 0.3 is 5.97 Å². The summed E-state index contributed by atoms with van der Waals surface area (Å²) >= 11 is 0. The Hall–Kier alpha value is -2.05. The number of benzene rings is 1. The lowest BCUT2D eigenvalue weighted by Gasteiger charge is -2.18. The zero-order valence-electron chi connectivity index (χ0n) is 11.5. The molecule has 0 bridgehead atoms. The van der Waals surface area contributed by atoms with Crippen LogP contribution in [0.2, 0.25) is 0 Å². The maximum absolute atomic E-state index is 11.7. The lowest BCUT2D eigenvalue weighted by atomic mass is 10.2. The molecule has 2 rings (SSSR count). The Morgan fingerprint density at radius 1 is 1.45 bits per heavy atom. The fourth-order valence-electron chi connectivity index (χ4n) is 1.99. The monoisotopic (exact) mass is 278 g/mol. The second kappa shape index (κ2) is 6.40. The van der Waals surface area contributed by atoms with E-state index in [4.69, 9.17) is 9.57 Å². The number of hydrogen-bond acceptors (Lipinski definition) is 6. The van der Waals surface area contributed by atoms with E-state index in [0.717, 1.165) is 5.56 Å². The first-order valence-electron chi connectivity index (χ1n) is 6.41. The van der Waals surface area contributed by atoms with Crippen molar-refractivity contribution in [2.24, 2.45) is 0 Å². The summed E-state index contributed by atoms with van der Waals surface area (Å²) < 4.78 is 4.99. The molecule has 6 heteroatoms. The molecular weight excluding hydrogens is 260 g/mol. The van der Waals surface area contributed by atoms with E-state index in [9.17, 15) is 9.90 Å². The highest BCUT2D eigenvalue weighted by Crippen LogP contribution is 2.22. The molecule has 0 aliphatic carbocycles. The Labute approximate surface area is 117 Å². The van der Waals surface area contributed by atoms with Crippen molar-refractivity contribution in [2.45, 2.75) is 19.6 Å². The average molecular weight is 278 g/mol. The normalized spacial score (nSPS) is 21.7. The number of ether oxygens (including phenoxy) is 1. The second-order valence-electron chi connectivity index (χ2n) is 4.35. The van der Waals surface area contributed by atoms with E-state index in [2.05, 4.69) is 5.32 Å². The number of nitrogens with one attached hydrogen (secondary N) is 1. The number of hydroxylamine groups is 2. The van der Waals surface area contributed by atoms with Crippen molar-refractivity contribution >= 4 is 5.97 Å². The molecule has 0 spiro atoms. The Bertz CT molecular complexity index is 501. The SMILES string of the molecule is CCO/C(O)=C1\C(=O)ON(C)C1NCc1ccccc1. The number of hydrogen-bond donors (Lipinski definition) is 2.